The summed E-state index contributed by atoms with van der Waals surface area (Å²) in [6.07, 6.45) is 3.11. The molecule has 1 aromatic carbocycles. The lowest BCUT2D eigenvalue weighted by molar-refractivity contribution is 0.00339. The van der Waals surface area contributed by atoms with Crippen LogP contribution in [-0.4, -0.2) is 23.9 Å². The predicted molar refractivity (Wildman–Crippen MR) is 67.8 cm³/mol. The quantitative estimate of drug-likeness (QED) is 0.863. The number of halogens is 2. The summed E-state index contributed by atoms with van der Waals surface area (Å²) in [6, 6.07) is 3.84. The zero-order chi connectivity index (χ0) is 13.9. The summed E-state index contributed by atoms with van der Waals surface area (Å²) in [4.78, 5) is 0. The van der Waals surface area contributed by atoms with Crippen LogP contribution in [0.2, 0.25) is 0 Å². The van der Waals surface area contributed by atoms with Gasteiger partial charge in [0.05, 0.1) is 12.2 Å². The van der Waals surface area contributed by atoms with Crippen LogP contribution < -0.4 is 10.5 Å². The lowest BCUT2D eigenvalue weighted by Gasteiger charge is -2.28. The highest BCUT2D eigenvalue weighted by molar-refractivity contribution is 5.24. The normalized spacial score (nSPS) is 26.6. The van der Waals surface area contributed by atoms with Crippen molar-refractivity contribution < 1.29 is 18.6 Å². The molecule has 1 aliphatic rings. The third-order valence-electron chi connectivity index (χ3n) is 3.92. The molecule has 2 unspecified atom stereocenters. The minimum absolute atomic E-state index is 0.0640. The van der Waals surface area contributed by atoms with Gasteiger partial charge in [0.2, 0.25) is 5.82 Å². The Hall–Kier alpha value is -1.20. The second kappa shape index (κ2) is 5.84. The van der Waals surface area contributed by atoms with E-state index in [9.17, 15) is 13.9 Å². The number of ether oxygens (including phenoxy) is 1. The lowest BCUT2D eigenvalue weighted by atomic mass is 9.88. The average Bonchev–Trinajstić information content (AvgIpc) is 2.77. The van der Waals surface area contributed by atoms with E-state index in [1.807, 2.05) is 0 Å². The molecule has 0 bridgehead atoms. The molecule has 1 fully saturated rings. The van der Waals surface area contributed by atoms with Crippen LogP contribution in [0.3, 0.4) is 0 Å². The van der Waals surface area contributed by atoms with Crippen LogP contribution in [0, 0.1) is 17.6 Å². The van der Waals surface area contributed by atoms with E-state index in [1.54, 1.807) is 0 Å². The van der Waals surface area contributed by atoms with Crippen LogP contribution in [0.25, 0.3) is 0 Å². The summed E-state index contributed by atoms with van der Waals surface area (Å²) in [7, 11) is 0. The molecule has 3 nitrogen and oxygen atoms in total. The fourth-order valence-corrected chi connectivity index (χ4v) is 2.72. The van der Waals surface area contributed by atoms with Crippen molar-refractivity contribution in [1.82, 2.24) is 0 Å². The Morgan fingerprint density at radius 1 is 1.42 bits per heavy atom. The first kappa shape index (κ1) is 14.2. The fraction of sp³-hybridized carbons (Fsp3) is 0.571. The predicted octanol–water partition coefficient (Wildman–Crippen LogP) is 2.22. The van der Waals surface area contributed by atoms with Gasteiger partial charge in [0.15, 0.2) is 11.6 Å². The fourth-order valence-electron chi connectivity index (χ4n) is 2.72. The van der Waals surface area contributed by atoms with Gasteiger partial charge in [-0.05, 0) is 37.3 Å². The maximum Gasteiger partial charge on any atom is 0.200 e. The minimum Gasteiger partial charge on any atom is -0.490 e. The Morgan fingerprint density at radius 2 is 2.21 bits per heavy atom. The van der Waals surface area contributed by atoms with Gasteiger partial charge in [-0.1, -0.05) is 12.5 Å². The highest BCUT2D eigenvalue weighted by atomic mass is 19.2. The Labute approximate surface area is 111 Å². The van der Waals surface area contributed by atoms with Gasteiger partial charge in [-0.25, -0.2) is 4.39 Å². The van der Waals surface area contributed by atoms with Crippen molar-refractivity contribution in [2.24, 2.45) is 11.7 Å². The van der Waals surface area contributed by atoms with E-state index in [4.69, 9.17) is 10.5 Å². The molecule has 3 N–H and O–H groups in total. The summed E-state index contributed by atoms with van der Waals surface area (Å²) in [5.41, 5.74) is 4.76. The highest BCUT2D eigenvalue weighted by Gasteiger charge is 2.39. The van der Waals surface area contributed by atoms with Gasteiger partial charge in [-0.15, -0.1) is 0 Å². The molecule has 0 aromatic heterocycles. The molecule has 0 saturated heterocycles. The van der Waals surface area contributed by atoms with Gasteiger partial charge < -0.3 is 15.6 Å². The van der Waals surface area contributed by atoms with E-state index in [-0.39, 0.29) is 24.8 Å². The van der Waals surface area contributed by atoms with Crippen molar-refractivity contribution in [1.29, 1.82) is 0 Å². The maximum absolute atomic E-state index is 13.4. The van der Waals surface area contributed by atoms with Crippen LogP contribution in [-0.2, 0) is 0 Å². The lowest BCUT2D eigenvalue weighted by Crippen LogP contribution is -2.41. The Morgan fingerprint density at radius 3 is 2.95 bits per heavy atom. The van der Waals surface area contributed by atoms with Crippen molar-refractivity contribution in [3.8, 4) is 5.75 Å². The van der Waals surface area contributed by atoms with E-state index in [0.717, 1.165) is 18.9 Å². The maximum atomic E-state index is 13.4. The van der Waals surface area contributed by atoms with E-state index in [0.29, 0.717) is 12.8 Å². The molecule has 2 rings (SSSR count). The molecular formula is C14H19F2NO2. The topological polar surface area (TPSA) is 55.5 Å². The first-order chi connectivity index (χ1) is 9.07. The Balaban J connectivity index is 1.88. The molecule has 0 spiro atoms. The van der Waals surface area contributed by atoms with Crippen molar-refractivity contribution >= 4 is 0 Å². The average molecular weight is 271 g/mol. The summed E-state index contributed by atoms with van der Waals surface area (Å²) >= 11 is 0. The number of aliphatic hydroxyl groups is 1. The van der Waals surface area contributed by atoms with Gasteiger partial charge in [0.1, 0.15) is 0 Å². The van der Waals surface area contributed by atoms with Crippen molar-refractivity contribution in [2.45, 2.75) is 31.3 Å². The number of hydrogen-bond acceptors (Lipinski definition) is 3. The van der Waals surface area contributed by atoms with Crippen LogP contribution >= 0.6 is 0 Å². The van der Waals surface area contributed by atoms with Crippen LogP contribution in [0.15, 0.2) is 18.2 Å². The van der Waals surface area contributed by atoms with E-state index >= 15 is 0 Å². The molecular weight excluding hydrogens is 252 g/mol. The molecule has 5 heteroatoms. The third-order valence-corrected chi connectivity index (χ3v) is 3.92. The molecule has 1 aliphatic carbocycles. The van der Waals surface area contributed by atoms with Crippen molar-refractivity contribution in [3.63, 3.8) is 0 Å². The number of benzene rings is 1. The smallest absolute Gasteiger partial charge is 0.200 e. The number of hydrogen-bond donors (Lipinski definition) is 2. The summed E-state index contributed by atoms with van der Waals surface area (Å²) < 4.78 is 31.6. The standard InChI is InChI=1S/C14H19F2NO2/c15-11-4-1-5-12(13(11)16)19-8-6-10-3-2-7-14(10,18)9-17/h1,4-5,10,18H,2-3,6-9,17H2. The minimum atomic E-state index is -0.969. The molecule has 106 valence electrons. The van der Waals surface area contributed by atoms with Gasteiger partial charge in [0, 0.05) is 6.54 Å². The summed E-state index contributed by atoms with van der Waals surface area (Å²) in [6.45, 7) is 0.472. The van der Waals surface area contributed by atoms with Gasteiger partial charge >= 0.3 is 0 Å². The first-order valence-electron chi connectivity index (χ1n) is 6.56. The number of nitrogens with two attached hydrogens (primary N) is 1. The molecule has 0 aliphatic heterocycles. The van der Waals surface area contributed by atoms with Crippen molar-refractivity contribution in [3.05, 3.63) is 29.8 Å². The van der Waals surface area contributed by atoms with Gasteiger partial charge in [0.25, 0.3) is 0 Å². The SMILES string of the molecule is NCC1(O)CCCC1CCOc1cccc(F)c1F. The Kier molecular flexibility index (Phi) is 4.37. The zero-order valence-electron chi connectivity index (χ0n) is 10.7. The third kappa shape index (κ3) is 3.04. The van der Waals surface area contributed by atoms with E-state index in [2.05, 4.69) is 0 Å². The Bertz CT molecular complexity index is 441. The van der Waals surface area contributed by atoms with Gasteiger partial charge in [-0.2, -0.15) is 4.39 Å². The first-order valence-corrected chi connectivity index (χ1v) is 6.56. The molecule has 2 atom stereocenters. The van der Waals surface area contributed by atoms with Gasteiger partial charge in [-0.3, -0.25) is 0 Å². The van der Waals surface area contributed by atoms with Crippen LogP contribution in [0.4, 0.5) is 8.78 Å². The molecule has 0 amide bonds. The van der Waals surface area contributed by atoms with E-state index in [1.165, 1.54) is 12.1 Å². The largest absolute Gasteiger partial charge is 0.490 e. The molecule has 19 heavy (non-hydrogen) atoms. The zero-order valence-corrected chi connectivity index (χ0v) is 10.7. The second-order valence-corrected chi connectivity index (χ2v) is 5.09. The molecule has 0 radical (unpaired) electrons. The van der Waals surface area contributed by atoms with Crippen molar-refractivity contribution in [2.75, 3.05) is 13.2 Å². The molecule has 1 aromatic rings. The van der Waals surface area contributed by atoms with E-state index < -0.39 is 17.2 Å². The highest BCUT2D eigenvalue weighted by Crippen LogP contribution is 2.37. The summed E-state index contributed by atoms with van der Waals surface area (Å²) in [5, 5.41) is 10.2. The molecule has 1 saturated carbocycles. The van der Waals surface area contributed by atoms with Crippen LogP contribution in [0.1, 0.15) is 25.7 Å². The monoisotopic (exact) mass is 271 g/mol. The summed E-state index contributed by atoms with van der Waals surface area (Å²) in [5.74, 6) is -1.91. The number of rotatable bonds is 5. The second-order valence-electron chi connectivity index (χ2n) is 5.09. The molecule has 0 heterocycles. The van der Waals surface area contributed by atoms with Crippen LogP contribution in [0.5, 0.6) is 5.75 Å².